The van der Waals surface area contributed by atoms with Crippen LogP contribution in [0.2, 0.25) is 0 Å². The van der Waals surface area contributed by atoms with E-state index in [1.165, 1.54) is 0 Å². The molecule has 0 aromatic rings. The second-order valence-corrected chi connectivity index (χ2v) is 12.0. The number of likely N-dealkylation sites (N-methyl/N-ethyl adjacent to an activating group) is 1. The van der Waals surface area contributed by atoms with Gasteiger partial charge in [-0.2, -0.15) is 0 Å². The molecule has 0 bridgehead atoms. The molecule has 0 aromatic heterocycles. The van der Waals surface area contributed by atoms with Gasteiger partial charge in [0.25, 0.3) is 0 Å². The van der Waals surface area contributed by atoms with Crippen molar-refractivity contribution < 1.29 is 39.1 Å². The molecule has 2 aliphatic rings. The maximum atomic E-state index is 13.1. The smallest absolute Gasteiger partial charge is 0.308 e. The number of ether oxygens (including phenoxy) is 3. The van der Waals surface area contributed by atoms with Gasteiger partial charge in [-0.3, -0.25) is 9.59 Å². The van der Waals surface area contributed by atoms with Crippen LogP contribution in [0.25, 0.3) is 0 Å². The van der Waals surface area contributed by atoms with Crippen molar-refractivity contribution in [3.8, 4) is 0 Å². The minimum atomic E-state index is -1.09. The number of nitrogens with zero attached hydrogens (tertiary/aromatic N) is 1. The Hall–Kier alpha value is -1.62. The lowest BCUT2D eigenvalue weighted by Crippen LogP contribution is -2.56. The fraction of sp³-hybridized carbons (Fsp3) is 0.806. The number of ketones is 1. The summed E-state index contributed by atoms with van der Waals surface area (Å²) in [6.07, 6.45) is 2.94. The fourth-order valence-corrected chi connectivity index (χ4v) is 5.89. The molecule has 1 saturated heterocycles. The summed E-state index contributed by atoms with van der Waals surface area (Å²) in [5, 5.41) is 32.4. The lowest BCUT2D eigenvalue weighted by atomic mass is 9.80. The van der Waals surface area contributed by atoms with E-state index >= 15 is 0 Å². The van der Waals surface area contributed by atoms with Crippen molar-refractivity contribution in [3.63, 3.8) is 0 Å². The van der Waals surface area contributed by atoms with Crippen molar-refractivity contribution in [2.45, 2.75) is 116 Å². The molecule has 1 fully saturated rings. The van der Waals surface area contributed by atoms with Gasteiger partial charge in [0.05, 0.1) is 31.3 Å². The predicted octanol–water partition coefficient (Wildman–Crippen LogP) is 3.25. The van der Waals surface area contributed by atoms with Gasteiger partial charge in [-0.25, -0.2) is 0 Å². The van der Waals surface area contributed by atoms with Crippen LogP contribution >= 0.6 is 0 Å². The first-order chi connectivity index (χ1) is 18.8. The van der Waals surface area contributed by atoms with Crippen LogP contribution in [-0.2, 0) is 23.8 Å². The normalized spacial score (nSPS) is 41.3. The second-order valence-electron chi connectivity index (χ2n) is 12.0. The second kappa shape index (κ2) is 16.1. The maximum absolute atomic E-state index is 13.1. The zero-order valence-electron chi connectivity index (χ0n) is 25.7. The van der Waals surface area contributed by atoms with E-state index in [0.717, 1.165) is 5.57 Å². The zero-order valence-corrected chi connectivity index (χ0v) is 25.7. The molecule has 3 N–H and O–H groups in total. The number of aliphatic hydroxyl groups is 3. The molecule has 40 heavy (non-hydrogen) atoms. The molecular weight excluding hydrogens is 514 g/mol. The number of allylic oxidation sites excluding steroid dienone is 3. The highest BCUT2D eigenvalue weighted by molar-refractivity contribution is 5.91. The Morgan fingerprint density at radius 2 is 1.73 bits per heavy atom. The van der Waals surface area contributed by atoms with Gasteiger partial charge in [0.15, 0.2) is 12.1 Å². The Morgan fingerprint density at radius 1 is 1.05 bits per heavy atom. The molecule has 0 amide bonds. The van der Waals surface area contributed by atoms with Gasteiger partial charge in [0.2, 0.25) is 0 Å². The molecule has 2 heterocycles. The van der Waals surface area contributed by atoms with Crippen molar-refractivity contribution in [2.24, 2.45) is 23.7 Å². The third-order valence-electron chi connectivity index (χ3n) is 8.56. The van der Waals surface area contributed by atoms with Crippen LogP contribution in [0.3, 0.4) is 0 Å². The highest BCUT2D eigenvalue weighted by Crippen LogP contribution is 2.34. The summed E-state index contributed by atoms with van der Waals surface area (Å²) >= 11 is 0. The minimum Gasteiger partial charge on any atom is -0.462 e. The van der Waals surface area contributed by atoms with Gasteiger partial charge >= 0.3 is 5.97 Å². The molecule has 2 aliphatic heterocycles. The van der Waals surface area contributed by atoms with E-state index < -0.39 is 48.5 Å². The Kier molecular flexibility index (Phi) is 13.9. The lowest BCUT2D eigenvalue weighted by molar-refractivity contribution is -0.283. The molecule has 230 valence electrons. The third-order valence-corrected chi connectivity index (χ3v) is 8.56. The molecule has 0 aromatic carbocycles. The van der Waals surface area contributed by atoms with Crippen molar-refractivity contribution in [2.75, 3.05) is 20.7 Å². The van der Waals surface area contributed by atoms with E-state index in [-0.39, 0.29) is 42.8 Å². The topological polar surface area (TPSA) is 126 Å². The van der Waals surface area contributed by atoms with Crippen LogP contribution in [0, 0.1) is 23.7 Å². The average Bonchev–Trinajstić information content (AvgIpc) is 2.91. The summed E-state index contributed by atoms with van der Waals surface area (Å²) in [5.74, 6) is -2.00. The van der Waals surface area contributed by atoms with Crippen LogP contribution in [-0.4, -0.2) is 95.5 Å². The molecular formula is C31H53NO8. The number of aliphatic hydroxyl groups excluding tert-OH is 3. The van der Waals surface area contributed by atoms with Gasteiger partial charge < -0.3 is 34.4 Å². The van der Waals surface area contributed by atoms with Crippen LogP contribution in [0.1, 0.15) is 73.6 Å². The first-order valence-corrected chi connectivity index (χ1v) is 14.9. The molecule has 9 heteroatoms. The van der Waals surface area contributed by atoms with Gasteiger partial charge in [0, 0.05) is 23.8 Å². The van der Waals surface area contributed by atoms with E-state index in [2.05, 4.69) is 0 Å². The average molecular weight is 568 g/mol. The van der Waals surface area contributed by atoms with E-state index in [4.69, 9.17) is 14.2 Å². The van der Waals surface area contributed by atoms with Crippen LogP contribution in [0.5, 0.6) is 0 Å². The van der Waals surface area contributed by atoms with E-state index in [9.17, 15) is 24.9 Å². The number of hydrogen-bond donors (Lipinski definition) is 3. The molecule has 0 aliphatic carbocycles. The van der Waals surface area contributed by atoms with E-state index in [0.29, 0.717) is 25.7 Å². The van der Waals surface area contributed by atoms with Gasteiger partial charge in [-0.1, -0.05) is 51.8 Å². The van der Waals surface area contributed by atoms with Crippen LogP contribution < -0.4 is 0 Å². The number of esters is 1. The number of rotatable bonds is 6. The van der Waals surface area contributed by atoms with Crippen molar-refractivity contribution >= 4 is 11.8 Å². The van der Waals surface area contributed by atoms with Crippen LogP contribution in [0.15, 0.2) is 23.8 Å². The highest BCUT2D eigenvalue weighted by atomic mass is 16.7. The molecule has 11 atom stereocenters. The first kappa shape index (κ1) is 34.6. The summed E-state index contributed by atoms with van der Waals surface area (Å²) in [6, 6.07) is -0.164. The van der Waals surface area contributed by atoms with E-state index in [1.54, 1.807) is 12.2 Å². The maximum Gasteiger partial charge on any atom is 0.308 e. The molecule has 9 nitrogen and oxygen atoms in total. The van der Waals surface area contributed by atoms with Crippen molar-refractivity contribution in [1.82, 2.24) is 4.90 Å². The fourth-order valence-electron chi connectivity index (χ4n) is 5.89. The predicted molar refractivity (Wildman–Crippen MR) is 153 cm³/mol. The number of cyclic esters (lactones) is 1. The van der Waals surface area contributed by atoms with Gasteiger partial charge in [0.1, 0.15) is 12.2 Å². The summed E-state index contributed by atoms with van der Waals surface area (Å²) in [7, 11) is 3.82. The summed E-state index contributed by atoms with van der Waals surface area (Å²) in [5.41, 5.74) is 0.788. The summed E-state index contributed by atoms with van der Waals surface area (Å²) in [4.78, 5) is 28.0. The van der Waals surface area contributed by atoms with E-state index in [1.807, 2.05) is 66.6 Å². The van der Waals surface area contributed by atoms with Gasteiger partial charge in [-0.05, 0) is 59.2 Å². The summed E-state index contributed by atoms with van der Waals surface area (Å²) < 4.78 is 18.3. The first-order valence-electron chi connectivity index (χ1n) is 14.9. The van der Waals surface area contributed by atoms with Crippen molar-refractivity contribution in [1.29, 1.82) is 0 Å². The molecule has 4 unspecified atom stereocenters. The molecule has 2 rings (SSSR count). The minimum absolute atomic E-state index is 0.0282. The Morgan fingerprint density at radius 3 is 2.30 bits per heavy atom. The Bertz CT molecular complexity index is 873. The van der Waals surface area contributed by atoms with Gasteiger partial charge in [-0.15, -0.1) is 0 Å². The molecule has 0 saturated carbocycles. The summed E-state index contributed by atoms with van der Waals surface area (Å²) in [6.45, 7) is 11.2. The molecule has 0 radical (unpaired) electrons. The molecule has 0 spiro atoms. The van der Waals surface area contributed by atoms with Crippen LogP contribution in [0.4, 0.5) is 0 Å². The highest BCUT2D eigenvalue weighted by Gasteiger charge is 2.43. The largest absolute Gasteiger partial charge is 0.462 e. The third kappa shape index (κ3) is 9.46. The number of carbonyl (C=O) groups is 2. The Labute approximate surface area is 240 Å². The monoisotopic (exact) mass is 567 g/mol. The number of hydrogen-bond acceptors (Lipinski definition) is 9. The standard InChI is InChI=1S/C31H53NO8/c1-9-22-14-19(4)25(34)12-11-18(3)13-23(17-33)27(10-2)39-28(36)16-26(35)21(6)30(22)40-31-29(37)24(32(7)8)15-20(5)38-31/h11-13,19-24,26-27,29-31,33,35,37H,9-10,14-17H2,1-8H3/b12-11+,18-13+/t19-,20?,21+,22+,23-,24?,26-,27-,29?,30-,31?/m1/s1. The zero-order chi connectivity index (χ0) is 30.1. The quantitative estimate of drug-likeness (QED) is 0.415. The lowest BCUT2D eigenvalue weighted by Gasteiger charge is -2.44. The SMILES string of the molecule is CC[C@H]1C[C@@H](C)C(=O)/C=C/C(C)=C/[C@H](CO)[C@@H](CC)OC(=O)C[C@@H](O)[C@H](C)[C@H]1OC1OC(C)CC(N(C)C)C1O. The van der Waals surface area contributed by atoms with Crippen molar-refractivity contribution in [3.05, 3.63) is 23.8 Å². The Balaban J connectivity index is 2.45. The number of carbonyl (C=O) groups excluding carboxylic acids is 2.